The summed E-state index contributed by atoms with van der Waals surface area (Å²) in [5.41, 5.74) is 1.72. The lowest BCUT2D eigenvalue weighted by atomic mass is 9.99. The van der Waals surface area contributed by atoms with Crippen LogP contribution in [0, 0.1) is 12.8 Å². The Kier molecular flexibility index (Phi) is 5.52. The number of aryl methyl sites for hydroxylation is 1. The van der Waals surface area contributed by atoms with Crippen molar-refractivity contribution >= 4 is 42.6 Å². The molecule has 3 heterocycles. The minimum Gasteiger partial charge on any atom is -0.486 e. The standard InChI is InChI=1S/C22H23N3O5S2/c1-14-4-6-16(7-5-14)32(27,28)25-8-2-3-15(13-25)21(26)24-22-23-17-11-18-19(12-20(17)31-22)30-10-9-29-18/h4-7,11-12,15H,2-3,8-10,13H2,1H3,(H,23,24,26). The van der Waals surface area contributed by atoms with Gasteiger partial charge in [-0.15, -0.1) is 0 Å². The van der Waals surface area contributed by atoms with Gasteiger partial charge in [-0.2, -0.15) is 4.31 Å². The summed E-state index contributed by atoms with van der Waals surface area (Å²) >= 11 is 1.36. The third-order valence-corrected chi connectivity index (χ3v) is 8.51. The number of benzene rings is 2. The molecule has 1 amide bonds. The minimum absolute atomic E-state index is 0.156. The van der Waals surface area contributed by atoms with Crippen molar-refractivity contribution in [3.63, 3.8) is 0 Å². The normalized spacial score (nSPS) is 19.1. The maximum atomic E-state index is 13.0. The van der Waals surface area contributed by atoms with Crippen molar-refractivity contribution in [2.24, 2.45) is 5.92 Å². The largest absolute Gasteiger partial charge is 0.486 e. The average Bonchev–Trinajstić information content (AvgIpc) is 3.18. The zero-order chi connectivity index (χ0) is 22.3. The van der Waals surface area contributed by atoms with Crippen LogP contribution in [0.5, 0.6) is 11.5 Å². The van der Waals surface area contributed by atoms with Gasteiger partial charge < -0.3 is 14.8 Å². The van der Waals surface area contributed by atoms with Crippen LogP contribution in [0.4, 0.5) is 5.13 Å². The molecule has 1 atom stereocenters. The molecule has 1 aromatic heterocycles. The number of amides is 1. The van der Waals surface area contributed by atoms with Gasteiger partial charge in [0.1, 0.15) is 13.2 Å². The van der Waals surface area contributed by atoms with Gasteiger partial charge in [0.05, 0.1) is 21.0 Å². The summed E-state index contributed by atoms with van der Waals surface area (Å²) in [6, 6.07) is 10.5. The van der Waals surface area contributed by atoms with E-state index in [0.29, 0.717) is 49.2 Å². The lowest BCUT2D eigenvalue weighted by Crippen LogP contribution is -2.43. The van der Waals surface area contributed by atoms with E-state index < -0.39 is 15.9 Å². The first kappa shape index (κ1) is 21.2. The highest BCUT2D eigenvalue weighted by Gasteiger charge is 2.33. The Balaban J connectivity index is 1.30. The first-order valence-corrected chi connectivity index (χ1v) is 12.7. The number of hydrogen-bond donors (Lipinski definition) is 1. The summed E-state index contributed by atoms with van der Waals surface area (Å²) in [6.45, 7) is 3.48. The molecule has 1 fully saturated rings. The zero-order valence-electron chi connectivity index (χ0n) is 17.5. The summed E-state index contributed by atoms with van der Waals surface area (Å²) < 4.78 is 39.6. The number of nitrogens with zero attached hydrogens (tertiary/aromatic N) is 2. The molecule has 0 aliphatic carbocycles. The van der Waals surface area contributed by atoms with E-state index in [2.05, 4.69) is 10.3 Å². The van der Waals surface area contributed by atoms with Crippen molar-refractivity contribution in [1.82, 2.24) is 9.29 Å². The number of hydrogen-bond acceptors (Lipinski definition) is 7. The Bertz CT molecular complexity index is 1230. The van der Waals surface area contributed by atoms with Crippen LogP contribution in [0.2, 0.25) is 0 Å². The number of sulfonamides is 1. The van der Waals surface area contributed by atoms with Crippen LogP contribution in [0.1, 0.15) is 18.4 Å². The van der Waals surface area contributed by atoms with Gasteiger partial charge in [-0.1, -0.05) is 29.0 Å². The number of fused-ring (bicyclic) bond motifs is 2. The predicted molar refractivity (Wildman–Crippen MR) is 122 cm³/mol. The predicted octanol–water partition coefficient (Wildman–Crippen LogP) is 3.42. The van der Waals surface area contributed by atoms with Crippen molar-refractivity contribution in [1.29, 1.82) is 0 Å². The maximum absolute atomic E-state index is 13.0. The smallest absolute Gasteiger partial charge is 0.243 e. The van der Waals surface area contributed by atoms with Gasteiger partial charge >= 0.3 is 0 Å². The average molecular weight is 474 g/mol. The molecule has 1 N–H and O–H groups in total. The molecule has 3 aromatic rings. The van der Waals surface area contributed by atoms with Crippen LogP contribution in [-0.4, -0.2) is 49.9 Å². The van der Waals surface area contributed by atoms with E-state index in [-0.39, 0.29) is 17.3 Å². The number of ether oxygens (including phenoxy) is 2. The van der Waals surface area contributed by atoms with E-state index >= 15 is 0 Å². The summed E-state index contributed by atoms with van der Waals surface area (Å²) in [4.78, 5) is 17.7. The Hall–Kier alpha value is -2.69. The quantitative estimate of drug-likeness (QED) is 0.624. The first-order valence-electron chi connectivity index (χ1n) is 10.5. The van der Waals surface area contributed by atoms with Crippen molar-refractivity contribution in [2.75, 3.05) is 31.6 Å². The van der Waals surface area contributed by atoms with Gasteiger partial charge in [-0.25, -0.2) is 13.4 Å². The second kappa shape index (κ2) is 8.34. The van der Waals surface area contributed by atoms with Crippen LogP contribution in [-0.2, 0) is 14.8 Å². The number of nitrogens with one attached hydrogen (secondary N) is 1. The number of aromatic nitrogens is 1. The number of carbonyl (C=O) groups is 1. The Morgan fingerprint density at radius 3 is 2.62 bits per heavy atom. The molecule has 5 rings (SSSR count). The third kappa shape index (κ3) is 4.05. The fourth-order valence-electron chi connectivity index (χ4n) is 3.96. The lowest BCUT2D eigenvalue weighted by molar-refractivity contribution is -0.120. The van der Waals surface area contributed by atoms with E-state index in [0.717, 1.165) is 15.8 Å². The number of carbonyl (C=O) groups excluding carboxylic acids is 1. The molecule has 10 heteroatoms. The minimum atomic E-state index is -3.64. The van der Waals surface area contributed by atoms with E-state index in [1.54, 1.807) is 24.3 Å². The molecule has 0 spiro atoms. The molecule has 1 unspecified atom stereocenters. The molecule has 2 aromatic carbocycles. The summed E-state index contributed by atoms with van der Waals surface area (Å²) in [5.74, 6) is 0.673. The van der Waals surface area contributed by atoms with Crippen molar-refractivity contribution in [3.05, 3.63) is 42.0 Å². The van der Waals surface area contributed by atoms with Gasteiger partial charge in [0.15, 0.2) is 16.6 Å². The fourth-order valence-corrected chi connectivity index (χ4v) is 6.36. The maximum Gasteiger partial charge on any atom is 0.243 e. The number of anilines is 1. The van der Waals surface area contributed by atoms with Gasteiger partial charge in [0.2, 0.25) is 15.9 Å². The molecule has 1 saturated heterocycles. The molecule has 8 nitrogen and oxygen atoms in total. The van der Waals surface area contributed by atoms with E-state index in [9.17, 15) is 13.2 Å². The van der Waals surface area contributed by atoms with Crippen LogP contribution in [0.3, 0.4) is 0 Å². The Morgan fingerprint density at radius 1 is 1.16 bits per heavy atom. The van der Waals surface area contributed by atoms with Gasteiger partial charge in [0, 0.05) is 25.2 Å². The molecule has 32 heavy (non-hydrogen) atoms. The summed E-state index contributed by atoms with van der Waals surface area (Å²) in [5, 5.41) is 3.35. The number of rotatable bonds is 4. The molecule has 0 saturated carbocycles. The molecular weight excluding hydrogens is 450 g/mol. The highest BCUT2D eigenvalue weighted by Crippen LogP contribution is 2.38. The first-order chi connectivity index (χ1) is 15.4. The van der Waals surface area contributed by atoms with Crippen molar-refractivity contribution in [3.8, 4) is 11.5 Å². The monoisotopic (exact) mass is 473 g/mol. The lowest BCUT2D eigenvalue weighted by Gasteiger charge is -2.31. The fraction of sp³-hybridized carbons (Fsp3) is 0.364. The summed E-state index contributed by atoms with van der Waals surface area (Å²) in [6.07, 6.45) is 1.26. The third-order valence-electron chi connectivity index (χ3n) is 5.70. The van der Waals surface area contributed by atoms with Crippen LogP contribution in [0.15, 0.2) is 41.3 Å². The van der Waals surface area contributed by atoms with E-state index in [1.165, 1.54) is 15.6 Å². The zero-order valence-corrected chi connectivity index (χ0v) is 19.2. The van der Waals surface area contributed by atoms with Crippen LogP contribution < -0.4 is 14.8 Å². The Labute approximate surface area is 190 Å². The van der Waals surface area contributed by atoms with Crippen LogP contribution >= 0.6 is 11.3 Å². The van der Waals surface area contributed by atoms with Gasteiger partial charge in [0.25, 0.3) is 0 Å². The van der Waals surface area contributed by atoms with Gasteiger partial charge in [-0.3, -0.25) is 4.79 Å². The molecule has 0 bridgehead atoms. The molecule has 0 radical (unpaired) electrons. The van der Waals surface area contributed by atoms with E-state index in [4.69, 9.17) is 9.47 Å². The Morgan fingerprint density at radius 2 is 1.88 bits per heavy atom. The van der Waals surface area contributed by atoms with Gasteiger partial charge in [-0.05, 0) is 31.9 Å². The molecular formula is C22H23N3O5S2. The highest BCUT2D eigenvalue weighted by atomic mass is 32.2. The van der Waals surface area contributed by atoms with Crippen LogP contribution in [0.25, 0.3) is 10.2 Å². The molecule has 2 aliphatic rings. The second-order valence-corrected chi connectivity index (χ2v) is 11.0. The SMILES string of the molecule is Cc1ccc(S(=O)(=O)N2CCCC(C(=O)Nc3nc4cc5c(cc4s3)OCCO5)C2)cc1. The number of piperidine rings is 1. The van der Waals surface area contributed by atoms with Crippen molar-refractivity contribution < 1.29 is 22.7 Å². The topological polar surface area (TPSA) is 97.8 Å². The highest BCUT2D eigenvalue weighted by molar-refractivity contribution is 7.89. The van der Waals surface area contributed by atoms with E-state index in [1.807, 2.05) is 19.1 Å². The molecule has 2 aliphatic heterocycles. The molecule has 168 valence electrons. The van der Waals surface area contributed by atoms with Crippen molar-refractivity contribution in [2.45, 2.75) is 24.7 Å². The number of thiazole rings is 1. The summed E-state index contributed by atoms with van der Waals surface area (Å²) in [7, 11) is -3.64. The second-order valence-electron chi connectivity index (χ2n) is 7.99.